The predicted molar refractivity (Wildman–Crippen MR) is 89.3 cm³/mol. The van der Waals surface area contributed by atoms with Gasteiger partial charge in [0, 0.05) is 23.6 Å². The van der Waals surface area contributed by atoms with Crippen LogP contribution in [0.3, 0.4) is 0 Å². The van der Waals surface area contributed by atoms with E-state index in [1.807, 2.05) is 36.4 Å². The Balaban J connectivity index is 1.88. The first kappa shape index (κ1) is 15.2. The molecule has 0 bridgehead atoms. The fourth-order valence-corrected chi connectivity index (χ4v) is 2.68. The normalized spacial score (nSPS) is 18.7. The first-order valence-corrected chi connectivity index (χ1v) is 7.62. The summed E-state index contributed by atoms with van der Waals surface area (Å²) in [5.41, 5.74) is 5.08. The van der Waals surface area contributed by atoms with E-state index in [9.17, 15) is 4.79 Å². The average molecular weight is 336 g/mol. The topological polar surface area (TPSA) is 35.6 Å². The Morgan fingerprint density at radius 2 is 1.55 bits per heavy atom. The van der Waals surface area contributed by atoms with Crippen LogP contribution in [0.15, 0.2) is 48.5 Å². The summed E-state index contributed by atoms with van der Waals surface area (Å²) in [5.74, 6) is 0. The van der Waals surface area contributed by atoms with Crippen molar-refractivity contribution in [2.75, 3.05) is 18.6 Å². The zero-order chi connectivity index (χ0) is 15.7. The van der Waals surface area contributed by atoms with E-state index in [0.29, 0.717) is 16.6 Å². The zero-order valence-corrected chi connectivity index (χ0v) is 13.5. The fraction of sp³-hybridized carbons (Fsp3) is 0.188. The number of carbonyl (C=O) groups excluding carboxylic acids is 1. The molecule has 114 valence electrons. The van der Waals surface area contributed by atoms with E-state index in [2.05, 4.69) is 5.43 Å². The highest BCUT2D eigenvalue weighted by Crippen LogP contribution is 2.25. The van der Waals surface area contributed by atoms with Crippen molar-refractivity contribution in [3.8, 4) is 0 Å². The molecule has 1 unspecified atom stereocenters. The van der Waals surface area contributed by atoms with Gasteiger partial charge in [0.05, 0.1) is 11.7 Å². The molecule has 0 radical (unpaired) electrons. The van der Waals surface area contributed by atoms with Crippen LogP contribution in [0, 0.1) is 0 Å². The second-order valence-electron chi connectivity index (χ2n) is 5.21. The molecule has 6 heteroatoms. The number of urea groups is 1. The number of rotatable bonds is 2. The molecule has 1 heterocycles. The second-order valence-corrected chi connectivity index (χ2v) is 6.08. The minimum absolute atomic E-state index is 0.00403. The van der Waals surface area contributed by atoms with Gasteiger partial charge in [-0.2, -0.15) is 0 Å². The second kappa shape index (κ2) is 6.16. The Morgan fingerprint density at radius 1 is 1.00 bits per heavy atom. The SMILES string of the molecule is CN1CC(c2ccc(Cl)cc2)NN(c2ccc(Cl)cc2)C1=O. The van der Waals surface area contributed by atoms with Crippen LogP contribution in [-0.4, -0.2) is 24.5 Å². The summed E-state index contributed by atoms with van der Waals surface area (Å²) < 4.78 is 0. The molecule has 0 aromatic heterocycles. The third kappa shape index (κ3) is 3.04. The third-order valence-electron chi connectivity index (χ3n) is 3.62. The number of halogens is 2. The molecule has 2 aromatic rings. The molecule has 0 spiro atoms. The van der Waals surface area contributed by atoms with Crippen LogP contribution in [0.25, 0.3) is 0 Å². The van der Waals surface area contributed by atoms with Crippen LogP contribution in [0.2, 0.25) is 10.0 Å². The van der Waals surface area contributed by atoms with Crippen LogP contribution in [0.5, 0.6) is 0 Å². The minimum Gasteiger partial charge on any atom is -0.324 e. The summed E-state index contributed by atoms with van der Waals surface area (Å²) in [7, 11) is 1.79. The average Bonchev–Trinajstić information content (AvgIpc) is 2.52. The van der Waals surface area contributed by atoms with E-state index in [4.69, 9.17) is 23.2 Å². The standard InChI is InChI=1S/C16H15Cl2N3O/c1-20-10-15(11-2-4-12(17)5-3-11)19-21(16(20)22)14-8-6-13(18)7-9-14/h2-9,15,19H,10H2,1H3. The summed E-state index contributed by atoms with van der Waals surface area (Å²) in [6.45, 7) is 0.588. The van der Waals surface area contributed by atoms with Crippen LogP contribution in [0.1, 0.15) is 11.6 Å². The molecule has 3 rings (SSSR count). The Labute approximate surface area is 139 Å². The maximum atomic E-state index is 12.4. The lowest BCUT2D eigenvalue weighted by Gasteiger charge is -2.39. The van der Waals surface area contributed by atoms with Gasteiger partial charge < -0.3 is 4.90 Å². The number of hydrogen-bond acceptors (Lipinski definition) is 2. The fourth-order valence-electron chi connectivity index (χ4n) is 2.42. The zero-order valence-electron chi connectivity index (χ0n) is 12.0. The minimum atomic E-state index is -0.104. The number of benzene rings is 2. The Hall–Kier alpha value is -1.75. The van der Waals surface area contributed by atoms with Gasteiger partial charge in [0.25, 0.3) is 0 Å². The van der Waals surface area contributed by atoms with E-state index in [1.165, 1.54) is 0 Å². The van der Waals surface area contributed by atoms with Gasteiger partial charge in [0.1, 0.15) is 0 Å². The lowest BCUT2D eigenvalue weighted by molar-refractivity contribution is 0.189. The van der Waals surface area contributed by atoms with E-state index >= 15 is 0 Å². The van der Waals surface area contributed by atoms with Crippen LogP contribution in [0.4, 0.5) is 10.5 Å². The molecule has 4 nitrogen and oxygen atoms in total. The number of hydrogen-bond donors (Lipinski definition) is 1. The maximum absolute atomic E-state index is 12.4. The van der Waals surface area contributed by atoms with Gasteiger partial charge in [-0.1, -0.05) is 35.3 Å². The van der Waals surface area contributed by atoms with Gasteiger partial charge in [-0.25, -0.2) is 15.2 Å². The predicted octanol–water partition coefficient (Wildman–Crippen LogP) is 4.11. The van der Waals surface area contributed by atoms with E-state index in [-0.39, 0.29) is 12.1 Å². The molecule has 1 N–H and O–H groups in total. The monoisotopic (exact) mass is 335 g/mol. The van der Waals surface area contributed by atoms with Crippen molar-refractivity contribution in [1.29, 1.82) is 0 Å². The number of nitrogens with one attached hydrogen (secondary N) is 1. The first-order chi connectivity index (χ1) is 10.5. The van der Waals surface area contributed by atoms with Crippen molar-refractivity contribution in [1.82, 2.24) is 10.3 Å². The molecule has 1 saturated heterocycles. The molecule has 0 saturated carbocycles. The molecule has 1 fully saturated rings. The first-order valence-electron chi connectivity index (χ1n) is 6.87. The highest BCUT2D eigenvalue weighted by atomic mass is 35.5. The van der Waals surface area contributed by atoms with E-state index < -0.39 is 0 Å². The molecule has 1 aliphatic heterocycles. The largest absolute Gasteiger partial charge is 0.338 e. The number of carbonyl (C=O) groups is 1. The number of likely N-dealkylation sites (N-methyl/N-ethyl adjacent to an activating group) is 1. The number of nitrogens with zero attached hydrogens (tertiary/aromatic N) is 2. The van der Waals surface area contributed by atoms with Crippen molar-refractivity contribution in [3.63, 3.8) is 0 Å². The number of hydrazine groups is 1. The Bertz CT molecular complexity index is 673. The molecular formula is C16H15Cl2N3O. The molecule has 1 atom stereocenters. The summed E-state index contributed by atoms with van der Waals surface area (Å²) in [4.78, 5) is 14.1. The third-order valence-corrected chi connectivity index (χ3v) is 4.12. The van der Waals surface area contributed by atoms with Gasteiger partial charge >= 0.3 is 6.03 Å². The van der Waals surface area contributed by atoms with Crippen molar-refractivity contribution < 1.29 is 4.79 Å². The van der Waals surface area contributed by atoms with Crippen molar-refractivity contribution in [3.05, 3.63) is 64.1 Å². The van der Waals surface area contributed by atoms with Gasteiger partial charge in [-0.15, -0.1) is 0 Å². The quantitative estimate of drug-likeness (QED) is 0.896. The lowest BCUT2D eigenvalue weighted by atomic mass is 10.1. The van der Waals surface area contributed by atoms with E-state index in [0.717, 1.165) is 11.3 Å². The van der Waals surface area contributed by atoms with Crippen molar-refractivity contribution >= 4 is 34.9 Å². The lowest BCUT2D eigenvalue weighted by Crippen LogP contribution is -2.58. The summed E-state index contributed by atoms with van der Waals surface area (Å²) in [5, 5.41) is 2.87. The summed E-state index contributed by atoms with van der Waals surface area (Å²) in [6.07, 6.45) is 0. The molecule has 2 amide bonds. The maximum Gasteiger partial charge on any atom is 0.338 e. The summed E-state index contributed by atoms with van der Waals surface area (Å²) >= 11 is 11.8. The highest BCUT2D eigenvalue weighted by molar-refractivity contribution is 6.30. The molecule has 22 heavy (non-hydrogen) atoms. The molecule has 0 aliphatic carbocycles. The number of anilines is 1. The van der Waals surface area contributed by atoms with E-state index in [1.54, 1.807) is 29.1 Å². The van der Waals surface area contributed by atoms with Gasteiger partial charge in [-0.05, 0) is 42.0 Å². The molecular weight excluding hydrogens is 321 g/mol. The molecule has 2 aromatic carbocycles. The van der Waals surface area contributed by atoms with Gasteiger partial charge in [0.15, 0.2) is 0 Å². The Kier molecular flexibility index (Phi) is 4.25. The van der Waals surface area contributed by atoms with Crippen LogP contribution in [-0.2, 0) is 0 Å². The van der Waals surface area contributed by atoms with Gasteiger partial charge in [0.2, 0.25) is 0 Å². The number of amides is 2. The van der Waals surface area contributed by atoms with Crippen molar-refractivity contribution in [2.45, 2.75) is 6.04 Å². The Morgan fingerprint density at radius 3 is 2.14 bits per heavy atom. The van der Waals surface area contributed by atoms with Crippen LogP contribution < -0.4 is 10.4 Å². The summed E-state index contributed by atoms with van der Waals surface area (Å²) in [6, 6.07) is 14.7. The van der Waals surface area contributed by atoms with Gasteiger partial charge in [-0.3, -0.25) is 0 Å². The van der Waals surface area contributed by atoms with Crippen molar-refractivity contribution in [2.24, 2.45) is 0 Å². The van der Waals surface area contributed by atoms with Crippen LogP contribution >= 0.6 is 23.2 Å². The highest BCUT2D eigenvalue weighted by Gasteiger charge is 2.30. The molecule has 1 aliphatic rings. The smallest absolute Gasteiger partial charge is 0.324 e.